The summed E-state index contributed by atoms with van der Waals surface area (Å²) in [5, 5.41) is 3.68. The molecule has 0 aliphatic carbocycles. The van der Waals surface area contributed by atoms with E-state index in [-0.39, 0.29) is 12.5 Å². The summed E-state index contributed by atoms with van der Waals surface area (Å²) in [7, 11) is 3.19. The lowest BCUT2D eigenvalue weighted by atomic mass is 10.2. The van der Waals surface area contributed by atoms with E-state index >= 15 is 0 Å². The predicted molar refractivity (Wildman–Crippen MR) is 101 cm³/mol. The average Bonchev–Trinajstić information content (AvgIpc) is 2.64. The van der Waals surface area contributed by atoms with Crippen LogP contribution in [0.25, 0.3) is 0 Å². The molecule has 0 saturated heterocycles. The maximum Gasteiger partial charge on any atom is 0.242 e. The number of nitrogens with zero attached hydrogens (tertiary/aromatic N) is 1. The lowest BCUT2D eigenvalue weighted by Crippen LogP contribution is -2.35. The van der Waals surface area contributed by atoms with E-state index in [1.165, 1.54) is 0 Å². The van der Waals surface area contributed by atoms with Crippen LogP contribution < -0.4 is 14.8 Å². The highest BCUT2D eigenvalue weighted by Gasteiger charge is 2.14. The molecule has 2 rings (SSSR count). The monoisotopic (exact) mass is 362 g/mol. The van der Waals surface area contributed by atoms with Gasteiger partial charge in [-0.2, -0.15) is 0 Å². The van der Waals surface area contributed by atoms with E-state index in [0.717, 1.165) is 11.3 Å². The first-order chi connectivity index (χ1) is 12.1. The van der Waals surface area contributed by atoms with Crippen molar-refractivity contribution >= 4 is 23.2 Å². The van der Waals surface area contributed by atoms with Crippen LogP contribution in [0.5, 0.6) is 11.5 Å². The maximum absolute atomic E-state index is 12.5. The third kappa shape index (κ3) is 5.03. The molecule has 0 aromatic heterocycles. The predicted octanol–water partition coefficient (Wildman–Crippen LogP) is 3.82. The van der Waals surface area contributed by atoms with Crippen molar-refractivity contribution in [2.45, 2.75) is 13.5 Å². The van der Waals surface area contributed by atoms with Gasteiger partial charge < -0.3 is 19.7 Å². The molecule has 0 atom stereocenters. The molecular formula is C19H23ClN2O3. The minimum absolute atomic E-state index is 0.00259. The highest BCUT2D eigenvalue weighted by molar-refractivity contribution is 6.33. The van der Waals surface area contributed by atoms with Crippen molar-refractivity contribution in [3.8, 4) is 11.5 Å². The average molecular weight is 363 g/mol. The first-order valence-electron chi connectivity index (χ1n) is 8.06. The molecule has 134 valence electrons. The zero-order valence-corrected chi connectivity index (χ0v) is 15.5. The molecule has 1 N–H and O–H groups in total. The van der Waals surface area contributed by atoms with Crippen LogP contribution in [-0.4, -0.2) is 38.1 Å². The third-order valence-electron chi connectivity index (χ3n) is 3.86. The number of anilines is 1. The molecule has 0 fully saturated rings. The van der Waals surface area contributed by atoms with Crippen LogP contribution in [0.15, 0.2) is 42.5 Å². The molecule has 0 unspecified atom stereocenters. The maximum atomic E-state index is 12.5. The van der Waals surface area contributed by atoms with Crippen LogP contribution in [0.4, 0.5) is 5.69 Å². The molecule has 0 bridgehead atoms. The first kappa shape index (κ1) is 18.9. The zero-order chi connectivity index (χ0) is 18.2. The van der Waals surface area contributed by atoms with Gasteiger partial charge in [0.1, 0.15) is 0 Å². The Labute approximate surface area is 153 Å². The highest BCUT2D eigenvalue weighted by atomic mass is 35.5. The zero-order valence-electron chi connectivity index (χ0n) is 14.7. The second-order valence-corrected chi connectivity index (χ2v) is 5.84. The Hall–Kier alpha value is -2.40. The van der Waals surface area contributed by atoms with Crippen molar-refractivity contribution in [3.05, 3.63) is 53.1 Å². The van der Waals surface area contributed by atoms with Crippen molar-refractivity contribution in [3.63, 3.8) is 0 Å². The minimum Gasteiger partial charge on any atom is -0.493 e. The van der Waals surface area contributed by atoms with Crippen molar-refractivity contribution in [2.24, 2.45) is 0 Å². The lowest BCUT2D eigenvalue weighted by Gasteiger charge is -2.22. The molecule has 0 aliphatic heterocycles. The van der Waals surface area contributed by atoms with Crippen molar-refractivity contribution < 1.29 is 14.3 Å². The molecule has 0 spiro atoms. The fraction of sp³-hybridized carbons (Fsp3) is 0.316. The molecular weight excluding hydrogens is 340 g/mol. The van der Waals surface area contributed by atoms with Crippen LogP contribution in [0, 0.1) is 0 Å². The lowest BCUT2D eigenvalue weighted by molar-refractivity contribution is -0.129. The minimum atomic E-state index is -0.00259. The Morgan fingerprint density at radius 3 is 2.48 bits per heavy atom. The van der Waals surface area contributed by atoms with E-state index in [2.05, 4.69) is 5.32 Å². The number of hydrogen-bond acceptors (Lipinski definition) is 4. The highest BCUT2D eigenvalue weighted by Crippen LogP contribution is 2.28. The molecule has 1 amide bonds. The van der Waals surface area contributed by atoms with Gasteiger partial charge in [-0.15, -0.1) is 0 Å². The topological polar surface area (TPSA) is 50.8 Å². The largest absolute Gasteiger partial charge is 0.493 e. The molecule has 0 saturated carbocycles. The number of hydrogen-bond donors (Lipinski definition) is 1. The summed E-state index contributed by atoms with van der Waals surface area (Å²) >= 11 is 6.10. The standard InChI is InChI=1S/C19H23ClN2O3/c1-4-22(13-14-9-10-17(24-2)18(11-14)25-3)19(23)12-21-16-8-6-5-7-15(16)20/h5-11,21H,4,12-13H2,1-3H3. The van der Waals surface area contributed by atoms with Crippen molar-refractivity contribution in [1.82, 2.24) is 4.90 Å². The third-order valence-corrected chi connectivity index (χ3v) is 4.19. The van der Waals surface area contributed by atoms with Crippen LogP contribution >= 0.6 is 11.6 Å². The SMILES string of the molecule is CCN(Cc1ccc(OC)c(OC)c1)C(=O)CNc1ccccc1Cl. The van der Waals surface area contributed by atoms with Gasteiger partial charge in [-0.25, -0.2) is 0 Å². The summed E-state index contributed by atoms with van der Waals surface area (Å²) < 4.78 is 10.6. The number of benzene rings is 2. The summed E-state index contributed by atoms with van der Waals surface area (Å²) in [5.74, 6) is 1.32. The van der Waals surface area contributed by atoms with E-state index in [0.29, 0.717) is 29.6 Å². The quantitative estimate of drug-likeness (QED) is 0.775. The molecule has 0 heterocycles. The van der Waals surface area contributed by atoms with Crippen molar-refractivity contribution in [1.29, 1.82) is 0 Å². The van der Waals surface area contributed by atoms with Crippen LogP contribution in [0.3, 0.4) is 0 Å². The number of halogens is 1. The van der Waals surface area contributed by atoms with E-state index in [1.54, 1.807) is 25.2 Å². The Kier molecular flexibility index (Phi) is 6.95. The first-order valence-corrected chi connectivity index (χ1v) is 8.44. The Morgan fingerprint density at radius 1 is 1.12 bits per heavy atom. The van der Waals surface area contributed by atoms with Crippen molar-refractivity contribution in [2.75, 3.05) is 32.6 Å². The summed E-state index contributed by atoms with van der Waals surface area (Å²) in [6, 6.07) is 13.0. The van der Waals surface area contributed by atoms with Gasteiger partial charge in [0, 0.05) is 13.1 Å². The number of methoxy groups -OCH3 is 2. The van der Waals surface area contributed by atoms with E-state index in [4.69, 9.17) is 21.1 Å². The summed E-state index contributed by atoms with van der Waals surface area (Å²) in [6.07, 6.45) is 0. The van der Waals surface area contributed by atoms with Gasteiger partial charge in [-0.05, 0) is 36.8 Å². The van der Waals surface area contributed by atoms with E-state index in [9.17, 15) is 4.79 Å². The number of rotatable bonds is 8. The second-order valence-electron chi connectivity index (χ2n) is 5.43. The normalized spacial score (nSPS) is 10.2. The molecule has 0 radical (unpaired) electrons. The number of para-hydroxylation sites is 1. The molecule has 6 heteroatoms. The summed E-state index contributed by atoms with van der Waals surface area (Å²) in [5.41, 5.74) is 1.73. The number of carbonyl (C=O) groups is 1. The number of ether oxygens (including phenoxy) is 2. The van der Waals surface area contributed by atoms with Gasteiger partial charge >= 0.3 is 0 Å². The molecule has 25 heavy (non-hydrogen) atoms. The van der Waals surface area contributed by atoms with E-state index < -0.39 is 0 Å². The number of carbonyl (C=O) groups excluding carboxylic acids is 1. The Bertz CT molecular complexity index is 722. The smallest absolute Gasteiger partial charge is 0.242 e. The van der Waals surface area contributed by atoms with E-state index in [1.807, 2.05) is 43.3 Å². The van der Waals surface area contributed by atoms with Crippen LogP contribution in [-0.2, 0) is 11.3 Å². The van der Waals surface area contributed by atoms with Gasteiger partial charge in [-0.1, -0.05) is 29.8 Å². The van der Waals surface area contributed by atoms with Gasteiger partial charge in [0.2, 0.25) is 5.91 Å². The molecule has 2 aromatic rings. The fourth-order valence-electron chi connectivity index (χ4n) is 2.46. The Balaban J connectivity index is 2.01. The molecule has 2 aromatic carbocycles. The van der Waals surface area contributed by atoms with Gasteiger partial charge in [0.15, 0.2) is 11.5 Å². The molecule has 5 nitrogen and oxygen atoms in total. The fourth-order valence-corrected chi connectivity index (χ4v) is 2.67. The number of amides is 1. The van der Waals surface area contributed by atoms with Crippen LogP contribution in [0.2, 0.25) is 5.02 Å². The number of nitrogens with one attached hydrogen (secondary N) is 1. The molecule has 0 aliphatic rings. The summed E-state index contributed by atoms with van der Waals surface area (Å²) in [4.78, 5) is 14.3. The van der Waals surface area contributed by atoms with Gasteiger partial charge in [0.25, 0.3) is 0 Å². The van der Waals surface area contributed by atoms with Gasteiger partial charge in [-0.3, -0.25) is 4.79 Å². The summed E-state index contributed by atoms with van der Waals surface area (Å²) in [6.45, 7) is 3.25. The Morgan fingerprint density at radius 2 is 1.84 bits per heavy atom. The second kappa shape index (κ2) is 9.18. The van der Waals surface area contributed by atoms with Crippen LogP contribution in [0.1, 0.15) is 12.5 Å². The number of likely N-dealkylation sites (N-methyl/N-ethyl adjacent to an activating group) is 1. The van der Waals surface area contributed by atoms with Gasteiger partial charge in [0.05, 0.1) is 31.5 Å².